The summed E-state index contributed by atoms with van der Waals surface area (Å²) in [7, 11) is 3.62. The van der Waals surface area contributed by atoms with E-state index in [1.165, 1.54) is 0 Å². The Labute approximate surface area is 117 Å². The van der Waals surface area contributed by atoms with Crippen molar-refractivity contribution >= 4 is 23.5 Å². The van der Waals surface area contributed by atoms with Crippen LogP contribution in [0.25, 0.3) is 0 Å². The van der Waals surface area contributed by atoms with Crippen LogP contribution in [0.1, 0.15) is 11.1 Å². The fourth-order valence-corrected chi connectivity index (χ4v) is 1.68. The summed E-state index contributed by atoms with van der Waals surface area (Å²) < 4.78 is 0. The third kappa shape index (κ3) is 2.75. The molecular formula is C13H15N7. The lowest BCUT2D eigenvalue weighted by Gasteiger charge is -2.13. The summed E-state index contributed by atoms with van der Waals surface area (Å²) in [6.45, 7) is 1.87. The van der Waals surface area contributed by atoms with Gasteiger partial charge in [0.1, 0.15) is 6.07 Å². The van der Waals surface area contributed by atoms with Crippen LogP contribution in [0.15, 0.2) is 18.2 Å². The van der Waals surface area contributed by atoms with Crippen molar-refractivity contribution in [3.05, 3.63) is 29.3 Å². The van der Waals surface area contributed by atoms with Gasteiger partial charge in [0.05, 0.1) is 11.3 Å². The van der Waals surface area contributed by atoms with Crippen LogP contribution in [0.3, 0.4) is 0 Å². The van der Waals surface area contributed by atoms with Crippen LogP contribution in [0.5, 0.6) is 0 Å². The third-order valence-electron chi connectivity index (χ3n) is 2.67. The summed E-state index contributed by atoms with van der Waals surface area (Å²) in [4.78, 5) is 14.0. The van der Waals surface area contributed by atoms with Crippen LogP contribution in [0.2, 0.25) is 0 Å². The molecule has 0 spiro atoms. The topological polar surface area (TPSA) is 104 Å². The van der Waals surface area contributed by atoms with Gasteiger partial charge < -0.3 is 16.0 Å². The van der Waals surface area contributed by atoms with E-state index < -0.39 is 0 Å². The van der Waals surface area contributed by atoms with Crippen LogP contribution >= 0.6 is 0 Å². The van der Waals surface area contributed by atoms with Gasteiger partial charge >= 0.3 is 0 Å². The minimum Gasteiger partial charge on any atom is -0.368 e. The molecule has 0 aliphatic carbocycles. The van der Waals surface area contributed by atoms with Crippen molar-refractivity contribution in [2.24, 2.45) is 0 Å². The average molecular weight is 269 g/mol. The molecule has 0 fully saturated rings. The van der Waals surface area contributed by atoms with Crippen LogP contribution in [0.4, 0.5) is 23.5 Å². The van der Waals surface area contributed by atoms with Crippen molar-refractivity contribution in [2.45, 2.75) is 6.92 Å². The van der Waals surface area contributed by atoms with E-state index in [1.807, 2.05) is 33.2 Å². The quantitative estimate of drug-likeness (QED) is 0.868. The molecule has 0 aliphatic rings. The highest BCUT2D eigenvalue weighted by Gasteiger charge is 2.09. The second-order valence-electron chi connectivity index (χ2n) is 4.45. The Kier molecular flexibility index (Phi) is 3.66. The van der Waals surface area contributed by atoms with Crippen LogP contribution in [-0.4, -0.2) is 29.0 Å². The molecule has 102 valence electrons. The highest BCUT2D eigenvalue weighted by atomic mass is 15.3. The number of hydrogen-bond donors (Lipinski definition) is 2. The molecule has 2 rings (SSSR count). The number of nitrogen functional groups attached to an aromatic ring is 1. The molecule has 0 atom stereocenters. The lowest BCUT2D eigenvalue weighted by atomic mass is 10.1. The number of anilines is 4. The van der Waals surface area contributed by atoms with Crippen molar-refractivity contribution < 1.29 is 0 Å². The van der Waals surface area contributed by atoms with E-state index in [0.717, 1.165) is 5.56 Å². The monoisotopic (exact) mass is 269 g/mol. The van der Waals surface area contributed by atoms with E-state index >= 15 is 0 Å². The number of benzene rings is 1. The second kappa shape index (κ2) is 5.40. The van der Waals surface area contributed by atoms with E-state index in [9.17, 15) is 5.26 Å². The Morgan fingerprint density at radius 3 is 2.65 bits per heavy atom. The first-order chi connectivity index (χ1) is 9.51. The number of rotatable bonds is 3. The molecule has 0 saturated heterocycles. The van der Waals surface area contributed by atoms with E-state index in [1.54, 1.807) is 11.0 Å². The maximum Gasteiger partial charge on any atom is 0.233 e. The van der Waals surface area contributed by atoms with Gasteiger partial charge in [-0.2, -0.15) is 20.2 Å². The SMILES string of the molecule is Cc1cccc(Nc2nc(N)nc(N(C)C)n2)c1C#N. The standard InChI is InChI=1S/C13H15N7/c1-8-5-4-6-10(9(8)7-14)16-12-17-11(15)18-13(19-12)20(2)3/h4-6H,1-3H3,(H3,15,16,17,18,19). The van der Waals surface area contributed by atoms with Gasteiger partial charge in [-0.05, 0) is 18.6 Å². The Hall–Kier alpha value is -2.88. The van der Waals surface area contributed by atoms with E-state index in [2.05, 4.69) is 26.3 Å². The Balaban J connectivity index is 2.41. The van der Waals surface area contributed by atoms with Crippen LogP contribution in [-0.2, 0) is 0 Å². The summed E-state index contributed by atoms with van der Waals surface area (Å²) in [6.07, 6.45) is 0. The molecule has 0 radical (unpaired) electrons. The Bertz CT molecular complexity index is 673. The molecule has 0 amide bonds. The maximum absolute atomic E-state index is 9.20. The molecule has 0 aliphatic heterocycles. The van der Waals surface area contributed by atoms with Crippen molar-refractivity contribution in [1.29, 1.82) is 5.26 Å². The fourth-order valence-electron chi connectivity index (χ4n) is 1.68. The maximum atomic E-state index is 9.20. The molecule has 1 heterocycles. The zero-order valence-electron chi connectivity index (χ0n) is 11.5. The average Bonchev–Trinajstić information content (AvgIpc) is 2.38. The van der Waals surface area contributed by atoms with Gasteiger partial charge in [-0.15, -0.1) is 0 Å². The van der Waals surface area contributed by atoms with E-state index in [-0.39, 0.29) is 5.95 Å². The number of nitriles is 1. The molecule has 3 N–H and O–H groups in total. The third-order valence-corrected chi connectivity index (χ3v) is 2.67. The first-order valence-corrected chi connectivity index (χ1v) is 5.97. The van der Waals surface area contributed by atoms with Gasteiger partial charge in [-0.25, -0.2) is 0 Å². The molecule has 20 heavy (non-hydrogen) atoms. The Morgan fingerprint density at radius 2 is 2.00 bits per heavy atom. The first-order valence-electron chi connectivity index (χ1n) is 5.97. The zero-order valence-corrected chi connectivity index (χ0v) is 11.5. The predicted octanol–water partition coefficient (Wildman–Crippen LogP) is 1.44. The summed E-state index contributed by atoms with van der Waals surface area (Å²) in [5.74, 6) is 0.881. The molecule has 2 aromatic rings. The summed E-state index contributed by atoms with van der Waals surface area (Å²) in [5, 5.41) is 12.2. The molecule has 1 aromatic heterocycles. The molecule has 7 heteroatoms. The second-order valence-corrected chi connectivity index (χ2v) is 4.45. The number of nitrogens with zero attached hydrogens (tertiary/aromatic N) is 5. The van der Waals surface area contributed by atoms with Gasteiger partial charge in [0, 0.05) is 14.1 Å². The number of hydrogen-bond acceptors (Lipinski definition) is 7. The number of nitrogens with one attached hydrogen (secondary N) is 1. The lowest BCUT2D eigenvalue weighted by molar-refractivity contribution is 0.969. The number of aromatic nitrogens is 3. The number of nitrogens with two attached hydrogens (primary N) is 1. The molecule has 0 saturated carbocycles. The van der Waals surface area contributed by atoms with Crippen LogP contribution < -0.4 is 16.0 Å². The van der Waals surface area contributed by atoms with Gasteiger partial charge in [0.15, 0.2) is 0 Å². The molecule has 7 nitrogen and oxygen atoms in total. The highest BCUT2D eigenvalue weighted by Crippen LogP contribution is 2.22. The minimum atomic E-state index is 0.123. The number of aryl methyl sites for hydroxylation is 1. The molecule has 0 unspecified atom stereocenters. The van der Waals surface area contributed by atoms with Crippen molar-refractivity contribution in [3.8, 4) is 6.07 Å². The predicted molar refractivity (Wildman–Crippen MR) is 77.7 cm³/mol. The van der Waals surface area contributed by atoms with Crippen molar-refractivity contribution in [1.82, 2.24) is 15.0 Å². The normalized spacial score (nSPS) is 9.90. The lowest BCUT2D eigenvalue weighted by Crippen LogP contribution is -2.15. The van der Waals surface area contributed by atoms with Gasteiger partial charge in [0.25, 0.3) is 0 Å². The smallest absolute Gasteiger partial charge is 0.233 e. The molecule has 0 bridgehead atoms. The summed E-state index contributed by atoms with van der Waals surface area (Å²) in [5.41, 5.74) is 7.73. The Morgan fingerprint density at radius 1 is 1.25 bits per heavy atom. The zero-order chi connectivity index (χ0) is 14.7. The molecular weight excluding hydrogens is 254 g/mol. The first kappa shape index (κ1) is 13.5. The van der Waals surface area contributed by atoms with Gasteiger partial charge in [-0.1, -0.05) is 12.1 Å². The molecule has 1 aromatic carbocycles. The van der Waals surface area contributed by atoms with Gasteiger partial charge in [0.2, 0.25) is 17.8 Å². The minimum absolute atomic E-state index is 0.123. The summed E-state index contributed by atoms with van der Waals surface area (Å²) >= 11 is 0. The summed E-state index contributed by atoms with van der Waals surface area (Å²) in [6, 6.07) is 7.68. The fraction of sp³-hybridized carbons (Fsp3) is 0.231. The van der Waals surface area contributed by atoms with Crippen LogP contribution in [0, 0.1) is 18.3 Å². The van der Waals surface area contributed by atoms with Gasteiger partial charge in [-0.3, -0.25) is 0 Å². The van der Waals surface area contributed by atoms with E-state index in [0.29, 0.717) is 23.1 Å². The van der Waals surface area contributed by atoms with Crippen molar-refractivity contribution in [3.63, 3.8) is 0 Å². The van der Waals surface area contributed by atoms with Crippen molar-refractivity contribution in [2.75, 3.05) is 30.0 Å². The highest BCUT2D eigenvalue weighted by molar-refractivity contribution is 5.65. The largest absolute Gasteiger partial charge is 0.368 e. The van der Waals surface area contributed by atoms with E-state index in [4.69, 9.17) is 5.73 Å².